The van der Waals surface area contributed by atoms with Crippen LogP contribution in [-0.2, 0) is 26.1 Å². The Kier molecular flexibility index (Phi) is 6.53. The molecule has 1 N–H and O–H groups in total. The second-order valence-electron chi connectivity index (χ2n) is 5.01. The van der Waals surface area contributed by atoms with Crippen LogP contribution in [0.25, 0.3) is 0 Å². The highest BCUT2D eigenvalue weighted by Gasteiger charge is 2.27. The van der Waals surface area contributed by atoms with Gasteiger partial charge in [-0.3, -0.25) is 4.79 Å². The molecule has 1 amide bonds. The number of carbonyl (C=O) groups excluding carboxylic acids is 1. The van der Waals surface area contributed by atoms with E-state index in [-0.39, 0.29) is 18.0 Å². The molecule has 0 radical (unpaired) electrons. The van der Waals surface area contributed by atoms with Crippen molar-refractivity contribution in [1.82, 2.24) is 9.62 Å². The molecule has 1 heterocycles. The summed E-state index contributed by atoms with van der Waals surface area (Å²) in [5, 5.41) is 2.62. The lowest BCUT2D eigenvalue weighted by Crippen LogP contribution is -2.41. The molecule has 8 heteroatoms. The molecule has 0 spiro atoms. The van der Waals surface area contributed by atoms with Crippen LogP contribution in [0.2, 0.25) is 0 Å². The number of carbonyl (C=O) groups is 1. The molecule has 0 atom stereocenters. The lowest BCUT2D eigenvalue weighted by molar-refractivity contribution is -0.121. The minimum atomic E-state index is -3.82. The molecule has 1 aromatic carbocycles. The van der Waals surface area contributed by atoms with E-state index in [1.54, 1.807) is 30.3 Å². The third-order valence-corrected chi connectivity index (χ3v) is 5.05. The van der Waals surface area contributed by atoms with Gasteiger partial charge in [-0.25, -0.2) is 8.42 Å². The van der Waals surface area contributed by atoms with Gasteiger partial charge < -0.3 is 14.5 Å². The maximum absolute atomic E-state index is 12.8. The highest BCUT2D eigenvalue weighted by Crippen LogP contribution is 2.18. The van der Waals surface area contributed by atoms with Crippen LogP contribution in [0.3, 0.4) is 0 Å². The molecular formula is C16H20N2O5S. The SMILES string of the molecule is COCCNC(=O)CN(Cc1ccco1)S(=O)(=O)c1ccccc1. The Hall–Kier alpha value is -2.16. The average Bonchev–Trinajstić information content (AvgIpc) is 3.08. The molecular weight excluding hydrogens is 332 g/mol. The summed E-state index contributed by atoms with van der Waals surface area (Å²) >= 11 is 0. The summed E-state index contributed by atoms with van der Waals surface area (Å²) in [4.78, 5) is 12.2. The largest absolute Gasteiger partial charge is 0.468 e. The number of methoxy groups -OCH3 is 1. The van der Waals surface area contributed by atoms with Crippen molar-refractivity contribution in [1.29, 1.82) is 0 Å². The number of hydrogen-bond donors (Lipinski definition) is 1. The standard InChI is InChI=1S/C16H20N2O5S/c1-22-11-9-17-16(19)13-18(12-14-6-5-10-23-14)24(20,21)15-7-3-2-4-8-15/h2-8,10H,9,11-13H2,1H3,(H,17,19). The second-order valence-corrected chi connectivity index (χ2v) is 6.95. The summed E-state index contributed by atoms with van der Waals surface area (Å²) in [5.74, 6) is 0.0531. The maximum atomic E-state index is 12.8. The summed E-state index contributed by atoms with van der Waals surface area (Å²) in [7, 11) is -2.30. The zero-order chi connectivity index (χ0) is 17.4. The first-order valence-corrected chi connectivity index (χ1v) is 8.81. The van der Waals surface area contributed by atoms with Crippen LogP contribution in [0.5, 0.6) is 0 Å². The Balaban J connectivity index is 2.18. The highest BCUT2D eigenvalue weighted by atomic mass is 32.2. The molecule has 0 saturated heterocycles. The van der Waals surface area contributed by atoms with Crippen molar-refractivity contribution in [3.05, 3.63) is 54.5 Å². The zero-order valence-electron chi connectivity index (χ0n) is 13.3. The molecule has 0 bridgehead atoms. The number of nitrogens with zero attached hydrogens (tertiary/aromatic N) is 1. The first-order chi connectivity index (χ1) is 11.5. The van der Waals surface area contributed by atoms with Crippen molar-refractivity contribution < 1.29 is 22.4 Å². The van der Waals surface area contributed by atoms with E-state index in [0.717, 1.165) is 4.31 Å². The van der Waals surface area contributed by atoms with Crippen molar-refractivity contribution in [3.8, 4) is 0 Å². The van der Waals surface area contributed by atoms with Gasteiger partial charge in [0.25, 0.3) is 0 Å². The molecule has 7 nitrogen and oxygen atoms in total. The van der Waals surface area contributed by atoms with Crippen molar-refractivity contribution in [3.63, 3.8) is 0 Å². The molecule has 24 heavy (non-hydrogen) atoms. The van der Waals surface area contributed by atoms with E-state index < -0.39 is 15.9 Å². The van der Waals surface area contributed by atoms with Crippen molar-refractivity contribution in [2.24, 2.45) is 0 Å². The minimum absolute atomic E-state index is 0.0259. The van der Waals surface area contributed by atoms with E-state index in [0.29, 0.717) is 18.9 Å². The predicted octanol–water partition coefficient (Wildman–Crippen LogP) is 1.23. The Morgan fingerprint density at radius 2 is 1.96 bits per heavy atom. The fourth-order valence-electron chi connectivity index (χ4n) is 2.05. The Morgan fingerprint density at radius 1 is 1.21 bits per heavy atom. The molecule has 0 fully saturated rings. The molecule has 130 valence electrons. The van der Waals surface area contributed by atoms with Crippen LogP contribution in [0.4, 0.5) is 0 Å². The molecule has 1 aromatic heterocycles. The molecule has 2 rings (SSSR count). The average molecular weight is 352 g/mol. The van der Waals surface area contributed by atoms with E-state index >= 15 is 0 Å². The molecule has 0 aliphatic heterocycles. The third-order valence-electron chi connectivity index (χ3n) is 3.24. The number of nitrogens with one attached hydrogen (secondary N) is 1. The lowest BCUT2D eigenvalue weighted by Gasteiger charge is -2.20. The van der Waals surface area contributed by atoms with Crippen LogP contribution < -0.4 is 5.32 Å². The van der Waals surface area contributed by atoms with E-state index in [1.165, 1.54) is 25.5 Å². The smallest absolute Gasteiger partial charge is 0.243 e. The summed E-state index contributed by atoms with van der Waals surface area (Å²) in [6, 6.07) is 11.3. The van der Waals surface area contributed by atoms with Gasteiger partial charge in [-0.15, -0.1) is 0 Å². The third kappa shape index (κ3) is 4.92. The number of ether oxygens (including phenoxy) is 1. The van der Waals surface area contributed by atoms with Crippen molar-refractivity contribution in [2.45, 2.75) is 11.4 Å². The minimum Gasteiger partial charge on any atom is -0.468 e. The summed E-state index contributed by atoms with van der Waals surface area (Å²) in [6.45, 7) is 0.342. The van der Waals surface area contributed by atoms with Gasteiger partial charge in [0.05, 0.1) is 30.9 Å². The van der Waals surface area contributed by atoms with Crippen LogP contribution >= 0.6 is 0 Å². The van der Waals surface area contributed by atoms with Gasteiger partial charge in [-0.1, -0.05) is 18.2 Å². The lowest BCUT2D eigenvalue weighted by atomic mass is 10.4. The second kappa shape index (κ2) is 8.62. The Morgan fingerprint density at radius 3 is 2.58 bits per heavy atom. The summed E-state index contributed by atoms with van der Waals surface area (Å²) in [6.07, 6.45) is 1.46. The van der Waals surface area contributed by atoms with E-state index in [1.807, 2.05) is 0 Å². The normalized spacial score (nSPS) is 11.6. The molecule has 0 aliphatic carbocycles. The van der Waals surface area contributed by atoms with Gasteiger partial charge in [0, 0.05) is 13.7 Å². The van der Waals surface area contributed by atoms with Gasteiger partial charge in [-0.2, -0.15) is 4.31 Å². The topological polar surface area (TPSA) is 88.8 Å². The maximum Gasteiger partial charge on any atom is 0.243 e. The summed E-state index contributed by atoms with van der Waals surface area (Å²) < 4.78 is 36.8. The zero-order valence-corrected chi connectivity index (χ0v) is 14.2. The Labute approximate surface area is 141 Å². The molecule has 0 unspecified atom stereocenters. The number of rotatable bonds is 9. The number of furan rings is 1. The van der Waals surface area contributed by atoms with Gasteiger partial charge in [-0.05, 0) is 24.3 Å². The van der Waals surface area contributed by atoms with Gasteiger partial charge in [0.15, 0.2) is 0 Å². The quantitative estimate of drug-likeness (QED) is 0.686. The number of sulfonamides is 1. The summed E-state index contributed by atoms with van der Waals surface area (Å²) in [5.41, 5.74) is 0. The van der Waals surface area contributed by atoms with Crippen molar-refractivity contribution >= 4 is 15.9 Å². The number of amides is 1. The predicted molar refractivity (Wildman–Crippen MR) is 87.6 cm³/mol. The van der Waals surface area contributed by atoms with Crippen LogP contribution in [0.1, 0.15) is 5.76 Å². The van der Waals surface area contributed by atoms with Gasteiger partial charge >= 0.3 is 0 Å². The van der Waals surface area contributed by atoms with Crippen LogP contribution in [0, 0.1) is 0 Å². The molecule has 0 saturated carbocycles. The van der Waals surface area contributed by atoms with Crippen LogP contribution in [0.15, 0.2) is 58.0 Å². The molecule has 2 aromatic rings. The Bertz CT molecular complexity index is 729. The van der Waals surface area contributed by atoms with Gasteiger partial charge in [0.1, 0.15) is 5.76 Å². The first kappa shape index (κ1) is 18.2. The fourth-order valence-corrected chi connectivity index (χ4v) is 3.44. The molecule has 0 aliphatic rings. The monoisotopic (exact) mass is 352 g/mol. The van der Waals surface area contributed by atoms with Crippen LogP contribution in [-0.4, -0.2) is 45.4 Å². The van der Waals surface area contributed by atoms with E-state index in [4.69, 9.17) is 9.15 Å². The highest BCUT2D eigenvalue weighted by molar-refractivity contribution is 7.89. The van der Waals surface area contributed by atoms with E-state index in [2.05, 4.69) is 5.32 Å². The first-order valence-electron chi connectivity index (χ1n) is 7.37. The number of benzene rings is 1. The fraction of sp³-hybridized carbons (Fsp3) is 0.312. The van der Waals surface area contributed by atoms with Gasteiger partial charge in [0.2, 0.25) is 15.9 Å². The van der Waals surface area contributed by atoms with E-state index in [9.17, 15) is 13.2 Å². The number of hydrogen-bond acceptors (Lipinski definition) is 5. The van der Waals surface area contributed by atoms with Crippen molar-refractivity contribution in [2.75, 3.05) is 26.8 Å².